The third kappa shape index (κ3) is 2.80. The first kappa shape index (κ1) is 15.6. The molecule has 8 heteroatoms. The molecule has 2 aromatic rings. The predicted octanol–water partition coefficient (Wildman–Crippen LogP) is 1.74. The number of benzene rings is 1. The maximum absolute atomic E-state index is 12.7. The summed E-state index contributed by atoms with van der Waals surface area (Å²) in [6.07, 6.45) is 2.52. The van der Waals surface area contributed by atoms with Gasteiger partial charge in [-0.1, -0.05) is 18.2 Å². The van der Waals surface area contributed by atoms with Gasteiger partial charge in [0.05, 0.1) is 5.25 Å². The summed E-state index contributed by atoms with van der Waals surface area (Å²) >= 11 is 0. The van der Waals surface area contributed by atoms with Crippen LogP contribution in [0.1, 0.15) is 19.3 Å². The standard InChI is InChI=1S/C16H20N4O3S/c21-24(22,20-9-4-5-10-20)14-8-11-19(12-14)16-17-15(23-18-16)13-6-2-1-3-7-13/h1-3,6-7,14H,4-5,8-12H2. The van der Waals surface area contributed by atoms with Gasteiger partial charge in [0.2, 0.25) is 10.0 Å². The van der Waals surface area contributed by atoms with Crippen molar-refractivity contribution in [3.05, 3.63) is 30.3 Å². The van der Waals surface area contributed by atoms with Crippen LogP contribution in [0, 0.1) is 0 Å². The van der Waals surface area contributed by atoms with E-state index in [4.69, 9.17) is 4.52 Å². The summed E-state index contributed by atoms with van der Waals surface area (Å²) in [5.41, 5.74) is 0.858. The van der Waals surface area contributed by atoms with Crippen LogP contribution in [0.4, 0.5) is 5.95 Å². The Morgan fingerprint density at radius 2 is 1.83 bits per heavy atom. The maximum atomic E-state index is 12.7. The molecule has 3 heterocycles. The maximum Gasteiger partial charge on any atom is 0.266 e. The van der Waals surface area contributed by atoms with Gasteiger partial charge in [-0.3, -0.25) is 0 Å². The molecule has 0 saturated carbocycles. The third-order valence-corrected chi connectivity index (χ3v) is 7.02. The minimum Gasteiger partial charge on any atom is -0.337 e. The Bertz CT molecular complexity index is 800. The van der Waals surface area contributed by atoms with E-state index in [2.05, 4.69) is 10.1 Å². The summed E-state index contributed by atoms with van der Waals surface area (Å²) < 4.78 is 32.3. The summed E-state index contributed by atoms with van der Waals surface area (Å²) in [5, 5.41) is 3.64. The number of rotatable bonds is 4. The zero-order valence-electron chi connectivity index (χ0n) is 13.3. The van der Waals surface area contributed by atoms with Crippen LogP contribution in [-0.2, 0) is 10.0 Å². The first-order chi connectivity index (χ1) is 11.6. The minimum atomic E-state index is -3.22. The lowest BCUT2D eigenvalue weighted by atomic mass is 10.2. The van der Waals surface area contributed by atoms with Crippen molar-refractivity contribution in [2.45, 2.75) is 24.5 Å². The fourth-order valence-corrected chi connectivity index (χ4v) is 5.31. The van der Waals surface area contributed by atoms with Gasteiger partial charge in [-0.2, -0.15) is 4.98 Å². The molecule has 1 unspecified atom stereocenters. The van der Waals surface area contributed by atoms with E-state index in [9.17, 15) is 8.42 Å². The predicted molar refractivity (Wildman–Crippen MR) is 90.1 cm³/mol. The van der Waals surface area contributed by atoms with Crippen molar-refractivity contribution in [3.8, 4) is 11.5 Å². The second-order valence-corrected chi connectivity index (χ2v) is 8.49. The largest absolute Gasteiger partial charge is 0.337 e. The Kier molecular flexibility index (Phi) is 4.01. The Balaban J connectivity index is 1.48. The number of aromatic nitrogens is 2. The Labute approximate surface area is 141 Å². The highest BCUT2D eigenvalue weighted by atomic mass is 32.2. The van der Waals surface area contributed by atoms with E-state index in [1.807, 2.05) is 35.2 Å². The molecule has 2 aliphatic heterocycles. The molecule has 128 valence electrons. The lowest BCUT2D eigenvalue weighted by Crippen LogP contribution is -2.38. The SMILES string of the molecule is O=S(=O)(C1CCN(c2noc(-c3ccccc3)n2)C1)N1CCCC1. The van der Waals surface area contributed by atoms with E-state index in [0.29, 0.717) is 44.4 Å². The first-order valence-corrected chi connectivity index (χ1v) is 9.78. The van der Waals surface area contributed by atoms with Crippen LogP contribution >= 0.6 is 0 Å². The second-order valence-electron chi connectivity index (χ2n) is 6.27. The average molecular weight is 348 g/mol. The molecule has 2 aliphatic rings. The van der Waals surface area contributed by atoms with Gasteiger partial charge >= 0.3 is 0 Å². The summed E-state index contributed by atoms with van der Waals surface area (Å²) in [5.74, 6) is 0.921. The van der Waals surface area contributed by atoms with Crippen molar-refractivity contribution in [3.63, 3.8) is 0 Å². The van der Waals surface area contributed by atoms with Crippen molar-refractivity contribution >= 4 is 16.0 Å². The van der Waals surface area contributed by atoms with Crippen molar-refractivity contribution in [1.29, 1.82) is 0 Å². The molecule has 0 amide bonds. The van der Waals surface area contributed by atoms with Gasteiger partial charge < -0.3 is 9.42 Å². The van der Waals surface area contributed by atoms with E-state index in [0.717, 1.165) is 18.4 Å². The molecule has 0 bridgehead atoms. The van der Waals surface area contributed by atoms with Crippen LogP contribution in [0.3, 0.4) is 0 Å². The van der Waals surface area contributed by atoms with E-state index in [1.165, 1.54) is 0 Å². The number of hydrogen-bond acceptors (Lipinski definition) is 6. The normalized spacial score (nSPS) is 22.3. The van der Waals surface area contributed by atoms with Crippen LogP contribution in [0.15, 0.2) is 34.9 Å². The lowest BCUT2D eigenvalue weighted by molar-refractivity contribution is 0.430. The van der Waals surface area contributed by atoms with E-state index in [-0.39, 0.29) is 5.25 Å². The van der Waals surface area contributed by atoms with Crippen LogP contribution in [0.5, 0.6) is 0 Å². The van der Waals surface area contributed by atoms with Crippen LogP contribution in [0.25, 0.3) is 11.5 Å². The number of anilines is 1. The van der Waals surface area contributed by atoms with Crippen molar-refractivity contribution in [2.75, 3.05) is 31.1 Å². The number of nitrogens with zero attached hydrogens (tertiary/aromatic N) is 4. The average Bonchev–Trinajstić information content (AvgIpc) is 3.35. The molecule has 1 aromatic heterocycles. The van der Waals surface area contributed by atoms with Gasteiger partial charge in [0.15, 0.2) is 0 Å². The summed E-state index contributed by atoms with van der Waals surface area (Å²) in [6, 6.07) is 9.56. The zero-order chi connectivity index (χ0) is 16.6. The topological polar surface area (TPSA) is 79.5 Å². The highest BCUT2D eigenvalue weighted by Gasteiger charge is 2.39. The molecule has 2 saturated heterocycles. The Hall–Kier alpha value is -1.93. The number of sulfonamides is 1. The fraction of sp³-hybridized carbons (Fsp3) is 0.500. The molecule has 2 fully saturated rings. The highest BCUT2D eigenvalue weighted by molar-refractivity contribution is 7.89. The van der Waals surface area contributed by atoms with Crippen molar-refractivity contribution in [1.82, 2.24) is 14.4 Å². The zero-order valence-corrected chi connectivity index (χ0v) is 14.2. The van der Waals surface area contributed by atoms with Gasteiger partial charge in [-0.05, 0) is 36.6 Å². The van der Waals surface area contributed by atoms with Gasteiger partial charge in [0.1, 0.15) is 0 Å². The highest BCUT2D eigenvalue weighted by Crippen LogP contribution is 2.27. The summed E-state index contributed by atoms with van der Waals surface area (Å²) in [4.78, 5) is 6.31. The van der Waals surface area contributed by atoms with E-state index < -0.39 is 10.0 Å². The van der Waals surface area contributed by atoms with E-state index >= 15 is 0 Å². The summed E-state index contributed by atoms with van der Waals surface area (Å²) in [6.45, 7) is 2.36. The summed E-state index contributed by atoms with van der Waals surface area (Å²) in [7, 11) is -3.22. The molecular weight excluding hydrogens is 328 g/mol. The quantitative estimate of drug-likeness (QED) is 0.837. The minimum absolute atomic E-state index is 0.380. The van der Waals surface area contributed by atoms with Gasteiger partial charge in [0, 0.05) is 31.7 Å². The monoisotopic (exact) mass is 348 g/mol. The molecule has 1 aromatic carbocycles. The van der Waals surface area contributed by atoms with Gasteiger partial charge in [0.25, 0.3) is 11.8 Å². The molecular formula is C16H20N4O3S. The van der Waals surface area contributed by atoms with Gasteiger partial charge in [-0.15, -0.1) is 0 Å². The Morgan fingerprint density at radius 1 is 1.08 bits per heavy atom. The molecule has 0 N–H and O–H groups in total. The molecule has 24 heavy (non-hydrogen) atoms. The Morgan fingerprint density at radius 3 is 2.58 bits per heavy atom. The van der Waals surface area contributed by atoms with E-state index in [1.54, 1.807) is 4.31 Å². The van der Waals surface area contributed by atoms with Crippen LogP contribution in [-0.4, -0.2) is 54.3 Å². The first-order valence-electron chi connectivity index (χ1n) is 8.27. The number of hydrogen-bond donors (Lipinski definition) is 0. The lowest BCUT2D eigenvalue weighted by Gasteiger charge is -2.20. The molecule has 7 nitrogen and oxygen atoms in total. The third-order valence-electron chi connectivity index (χ3n) is 4.71. The molecule has 0 spiro atoms. The van der Waals surface area contributed by atoms with Crippen molar-refractivity contribution < 1.29 is 12.9 Å². The van der Waals surface area contributed by atoms with Gasteiger partial charge in [-0.25, -0.2) is 12.7 Å². The fourth-order valence-electron chi connectivity index (χ4n) is 3.35. The van der Waals surface area contributed by atoms with Crippen molar-refractivity contribution in [2.24, 2.45) is 0 Å². The molecule has 4 rings (SSSR count). The smallest absolute Gasteiger partial charge is 0.266 e. The molecule has 0 aliphatic carbocycles. The molecule has 1 atom stereocenters. The van der Waals surface area contributed by atoms with Crippen LogP contribution < -0.4 is 4.90 Å². The van der Waals surface area contributed by atoms with Crippen LogP contribution in [0.2, 0.25) is 0 Å². The molecule has 0 radical (unpaired) electrons. The second kappa shape index (κ2) is 6.18.